The summed E-state index contributed by atoms with van der Waals surface area (Å²) in [7, 11) is 5.29. The predicted octanol–water partition coefficient (Wildman–Crippen LogP) is 1.98. The van der Waals surface area contributed by atoms with Gasteiger partial charge in [0.1, 0.15) is 5.82 Å². The SMILES string of the molecule is CNc1cc(C(=O)N(C)C)c2ccccc2n1. The first-order chi connectivity index (χ1) is 8.13. The highest BCUT2D eigenvalue weighted by molar-refractivity contribution is 6.06. The fourth-order valence-electron chi connectivity index (χ4n) is 1.72. The second kappa shape index (κ2) is 4.41. The molecule has 1 aromatic heterocycles. The van der Waals surface area contributed by atoms with Crippen molar-refractivity contribution < 1.29 is 4.79 Å². The van der Waals surface area contributed by atoms with Gasteiger partial charge in [0.15, 0.2) is 0 Å². The minimum absolute atomic E-state index is 0.0138. The van der Waals surface area contributed by atoms with Crippen LogP contribution in [-0.2, 0) is 0 Å². The van der Waals surface area contributed by atoms with Gasteiger partial charge in [0.05, 0.1) is 11.1 Å². The number of para-hydroxylation sites is 1. The van der Waals surface area contributed by atoms with Crippen LogP contribution in [0, 0.1) is 0 Å². The van der Waals surface area contributed by atoms with Crippen LogP contribution in [0.1, 0.15) is 10.4 Å². The summed E-state index contributed by atoms with van der Waals surface area (Å²) in [6, 6.07) is 9.43. The monoisotopic (exact) mass is 229 g/mol. The van der Waals surface area contributed by atoms with Gasteiger partial charge in [-0.3, -0.25) is 4.79 Å². The van der Waals surface area contributed by atoms with Crippen molar-refractivity contribution in [3.05, 3.63) is 35.9 Å². The molecule has 1 aromatic carbocycles. The molecule has 1 heterocycles. The largest absolute Gasteiger partial charge is 0.373 e. The van der Waals surface area contributed by atoms with Gasteiger partial charge < -0.3 is 10.2 Å². The smallest absolute Gasteiger partial charge is 0.254 e. The average molecular weight is 229 g/mol. The zero-order valence-corrected chi connectivity index (χ0v) is 10.2. The molecule has 88 valence electrons. The summed E-state index contributed by atoms with van der Waals surface area (Å²) in [6.07, 6.45) is 0. The molecular formula is C13H15N3O. The molecule has 2 aromatic rings. The number of hydrogen-bond donors (Lipinski definition) is 1. The summed E-state index contributed by atoms with van der Waals surface area (Å²) in [6.45, 7) is 0. The van der Waals surface area contributed by atoms with Gasteiger partial charge in [-0.2, -0.15) is 0 Å². The molecule has 0 spiro atoms. The van der Waals surface area contributed by atoms with E-state index in [-0.39, 0.29) is 5.91 Å². The maximum absolute atomic E-state index is 12.1. The van der Waals surface area contributed by atoms with E-state index in [1.165, 1.54) is 0 Å². The molecular weight excluding hydrogens is 214 g/mol. The fourth-order valence-corrected chi connectivity index (χ4v) is 1.72. The van der Waals surface area contributed by atoms with E-state index < -0.39 is 0 Å². The number of nitrogens with zero attached hydrogens (tertiary/aromatic N) is 2. The molecule has 0 fully saturated rings. The highest BCUT2D eigenvalue weighted by Crippen LogP contribution is 2.21. The fraction of sp³-hybridized carbons (Fsp3) is 0.231. The molecule has 0 bridgehead atoms. The van der Waals surface area contributed by atoms with Gasteiger partial charge in [0, 0.05) is 26.5 Å². The molecule has 17 heavy (non-hydrogen) atoms. The molecule has 1 N–H and O–H groups in total. The first kappa shape index (κ1) is 11.4. The molecule has 4 nitrogen and oxygen atoms in total. The second-order valence-electron chi connectivity index (χ2n) is 4.02. The van der Waals surface area contributed by atoms with Gasteiger partial charge in [0.25, 0.3) is 5.91 Å². The van der Waals surface area contributed by atoms with Crippen LogP contribution in [0.2, 0.25) is 0 Å². The Bertz CT molecular complexity index is 564. The summed E-state index contributed by atoms with van der Waals surface area (Å²) in [4.78, 5) is 18.1. The first-order valence-electron chi connectivity index (χ1n) is 5.42. The number of nitrogens with one attached hydrogen (secondary N) is 1. The summed E-state index contributed by atoms with van der Waals surface area (Å²) < 4.78 is 0. The maximum atomic E-state index is 12.1. The van der Waals surface area contributed by atoms with Crippen LogP contribution in [0.4, 0.5) is 5.82 Å². The van der Waals surface area contributed by atoms with Gasteiger partial charge in [-0.25, -0.2) is 4.98 Å². The number of aromatic nitrogens is 1. The van der Waals surface area contributed by atoms with Crippen molar-refractivity contribution in [1.82, 2.24) is 9.88 Å². The van der Waals surface area contributed by atoms with Crippen LogP contribution >= 0.6 is 0 Å². The van der Waals surface area contributed by atoms with Crippen molar-refractivity contribution in [3.8, 4) is 0 Å². The van der Waals surface area contributed by atoms with E-state index in [2.05, 4.69) is 10.3 Å². The van der Waals surface area contributed by atoms with E-state index in [9.17, 15) is 4.79 Å². The van der Waals surface area contributed by atoms with E-state index in [1.54, 1.807) is 32.1 Å². The second-order valence-corrected chi connectivity index (χ2v) is 4.02. The Kier molecular flexibility index (Phi) is 2.95. The first-order valence-corrected chi connectivity index (χ1v) is 5.42. The summed E-state index contributed by atoms with van der Waals surface area (Å²) >= 11 is 0. The Morgan fingerprint density at radius 1 is 1.29 bits per heavy atom. The van der Waals surface area contributed by atoms with Crippen molar-refractivity contribution in [1.29, 1.82) is 0 Å². The number of benzene rings is 1. The molecule has 0 atom stereocenters. The molecule has 0 aliphatic heterocycles. The lowest BCUT2D eigenvalue weighted by atomic mass is 10.1. The van der Waals surface area contributed by atoms with Crippen LogP contribution in [0.15, 0.2) is 30.3 Å². The van der Waals surface area contributed by atoms with Crippen molar-refractivity contribution in [2.24, 2.45) is 0 Å². The third-order valence-electron chi connectivity index (χ3n) is 2.61. The van der Waals surface area contributed by atoms with E-state index >= 15 is 0 Å². The molecule has 0 aliphatic rings. The van der Waals surface area contributed by atoms with Crippen LogP contribution < -0.4 is 5.32 Å². The zero-order valence-electron chi connectivity index (χ0n) is 10.2. The lowest BCUT2D eigenvalue weighted by Gasteiger charge is -2.13. The highest BCUT2D eigenvalue weighted by Gasteiger charge is 2.13. The van der Waals surface area contributed by atoms with E-state index in [0.29, 0.717) is 11.4 Å². The summed E-state index contributed by atoms with van der Waals surface area (Å²) in [5, 5.41) is 3.85. The standard InChI is InChI=1S/C13H15N3O/c1-14-12-8-10(13(17)16(2)3)9-6-4-5-7-11(9)15-12/h4-8H,1-3H3,(H,14,15). The number of carbonyl (C=O) groups excluding carboxylic acids is 1. The Hall–Kier alpha value is -2.10. The lowest BCUT2D eigenvalue weighted by Crippen LogP contribution is -2.22. The van der Waals surface area contributed by atoms with E-state index in [0.717, 1.165) is 10.9 Å². The van der Waals surface area contributed by atoms with Crippen molar-refractivity contribution in [2.45, 2.75) is 0 Å². The number of rotatable bonds is 2. The van der Waals surface area contributed by atoms with E-state index in [4.69, 9.17) is 0 Å². The van der Waals surface area contributed by atoms with Crippen molar-refractivity contribution >= 4 is 22.6 Å². The topological polar surface area (TPSA) is 45.2 Å². The molecule has 2 rings (SSSR count). The Morgan fingerprint density at radius 2 is 2.00 bits per heavy atom. The number of pyridine rings is 1. The summed E-state index contributed by atoms with van der Waals surface area (Å²) in [5.74, 6) is 0.689. The number of carbonyl (C=O) groups is 1. The zero-order chi connectivity index (χ0) is 12.4. The maximum Gasteiger partial charge on any atom is 0.254 e. The normalized spacial score (nSPS) is 10.3. The van der Waals surface area contributed by atoms with Gasteiger partial charge >= 0.3 is 0 Å². The quantitative estimate of drug-likeness (QED) is 0.856. The van der Waals surface area contributed by atoms with Gasteiger partial charge in [-0.05, 0) is 12.1 Å². The van der Waals surface area contributed by atoms with Gasteiger partial charge in [-0.15, -0.1) is 0 Å². The number of anilines is 1. The number of fused-ring (bicyclic) bond motifs is 1. The molecule has 0 saturated carbocycles. The molecule has 0 unspecified atom stereocenters. The predicted molar refractivity (Wildman–Crippen MR) is 69.3 cm³/mol. The minimum Gasteiger partial charge on any atom is -0.373 e. The Labute approximate surface area is 100 Å². The van der Waals surface area contributed by atoms with Crippen LogP contribution in [0.5, 0.6) is 0 Å². The van der Waals surface area contributed by atoms with Crippen LogP contribution in [0.3, 0.4) is 0 Å². The minimum atomic E-state index is -0.0138. The molecule has 0 saturated heterocycles. The number of amides is 1. The third kappa shape index (κ3) is 2.06. The van der Waals surface area contributed by atoms with Gasteiger partial charge in [0.2, 0.25) is 0 Å². The average Bonchev–Trinajstić information content (AvgIpc) is 2.36. The van der Waals surface area contributed by atoms with Crippen LogP contribution in [0.25, 0.3) is 10.9 Å². The number of hydrogen-bond acceptors (Lipinski definition) is 3. The highest BCUT2D eigenvalue weighted by atomic mass is 16.2. The molecule has 1 amide bonds. The van der Waals surface area contributed by atoms with Crippen molar-refractivity contribution in [3.63, 3.8) is 0 Å². The Morgan fingerprint density at radius 3 is 2.65 bits per heavy atom. The third-order valence-corrected chi connectivity index (χ3v) is 2.61. The molecule has 0 radical (unpaired) electrons. The van der Waals surface area contributed by atoms with E-state index in [1.807, 2.05) is 24.3 Å². The molecule has 0 aliphatic carbocycles. The van der Waals surface area contributed by atoms with Crippen LogP contribution in [-0.4, -0.2) is 36.9 Å². The van der Waals surface area contributed by atoms with Gasteiger partial charge in [-0.1, -0.05) is 18.2 Å². The summed E-state index contributed by atoms with van der Waals surface area (Å²) in [5.41, 5.74) is 1.49. The molecule has 4 heteroatoms. The lowest BCUT2D eigenvalue weighted by molar-refractivity contribution is 0.0829. The van der Waals surface area contributed by atoms with Crippen molar-refractivity contribution in [2.75, 3.05) is 26.5 Å². The Balaban J connectivity index is 2.71.